The molecule has 8 heteroatoms. The summed E-state index contributed by atoms with van der Waals surface area (Å²) in [6, 6.07) is 20.2. The van der Waals surface area contributed by atoms with E-state index in [2.05, 4.69) is 16.2 Å². The molecule has 7 nitrogen and oxygen atoms in total. The Morgan fingerprint density at radius 2 is 1.65 bits per heavy atom. The predicted molar refractivity (Wildman–Crippen MR) is 123 cm³/mol. The van der Waals surface area contributed by atoms with E-state index in [0.29, 0.717) is 23.7 Å². The predicted octanol–water partition coefficient (Wildman–Crippen LogP) is 3.34. The van der Waals surface area contributed by atoms with E-state index in [1.54, 1.807) is 30.3 Å². The van der Waals surface area contributed by atoms with Gasteiger partial charge in [0.25, 0.3) is 11.8 Å². The molecule has 2 amide bonds. The van der Waals surface area contributed by atoms with Crippen LogP contribution in [0.5, 0.6) is 11.5 Å². The van der Waals surface area contributed by atoms with E-state index in [4.69, 9.17) is 21.7 Å². The van der Waals surface area contributed by atoms with Crippen LogP contribution in [-0.4, -0.2) is 30.1 Å². The maximum Gasteiger partial charge on any atom is 0.276 e. The Morgan fingerprint density at radius 1 is 0.871 bits per heavy atom. The Bertz CT molecular complexity index is 1090. The quantitative estimate of drug-likeness (QED) is 0.388. The molecule has 0 unspecified atom stereocenters. The third-order valence-corrected chi connectivity index (χ3v) is 4.41. The van der Waals surface area contributed by atoms with Crippen LogP contribution < -0.4 is 25.6 Å². The second-order valence-electron chi connectivity index (χ2n) is 6.63. The number of carbonyl (C=O) groups excluding carboxylic acids is 2. The number of rotatable bonds is 7. The van der Waals surface area contributed by atoms with Crippen LogP contribution in [0.2, 0.25) is 0 Å². The highest BCUT2D eigenvalue weighted by molar-refractivity contribution is 7.80. The molecule has 3 N–H and O–H groups in total. The van der Waals surface area contributed by atoms with Crippen molar-refractivity contribution < 1.29 is 19.1 Å². The molecule has 3 aromatic carbocycles. The fourth-order valence-corrected chi connectivity index (χ4v) is 2.87. The van der Waals surface area contributed by atoms with Crippen molar-refractivity contribution in [2.45, 2.75) is 13.3 Å². The number of fused-ring (bicyclic) bond motifs is 1. The summed E-state index contributed by atoms with van der Waals surface area (Å²) in [5.74, 6) is 0.322. The summed E-state index contributed by atoms with van der Waals surface area (Å²) in [5, 5.41) is 4.57. The van der Waals surface area contributed by atoms with Crippen LogP contribution in [0.1, 0.15) is 23.7 Å². The Labute approximate surface area is 185 Å². The Hall–Kier alpha value is -3.65. The first-order valence-electron chi connectivity index (χ1n) is 9.80. The first-order chi connectivity index (χ1) is 15.0. The third-order valence-electron chi connectivity index (χ3n) is 4.20. The minimum absolute atomic E-state index is 0.0380. The highest BCUT2D eigenvalue weighted by Crippen LogP contribution is 2.20. The Morgan fingerprint density at radius 3 is 2.45 bits per heavy atom. The van der Waals surface area contributed by atoms with E-state index >= 15 is 0 Å². The van der Waals surface area contributed by atoms with Crippen LogP contribution >= 0.6 is 12.2 Å². The van der Waals surface area contributed by atoms with E-state index < -0.39 is 11.8 Å². The Kier molecular flexibility index (Phi) is 7.78. The molecule has 31 heavy (non-hydrogen) atoms. The smallest absolute Gasteiger partial charge is 0.276 e. The van der Waals surface area contributed by atoms with Gasteiger partial charge < -0.3 is 9.47 Å². The van der Waals surface area contributed by atoms with Crippen molar-refractivity contribution in [3.05, 3.63) is 72.3 Å². The monoisotopic (exact) mass is 437 g/mol. The van der Waals surface area contributed by atoms with Gasteiger partial charge >= 0.3 is 0 Å². The molecular formula is C23H23N3O4S. The summed E-state index contributed by atoms with van der Waals surface area (Å²) in [7, 11) is 0. The maximum atomic E-state index is 12.3. The molecule has 0 radical (unpaired) electrons. The fraction of sp³-hybridized carbons (Fsp3) is 0.174. The van der Waals surface area contributed by atoms with Crippen molar-refractivity contribution in [2.24, 2.45) is 0 Å². The number of amides is 2. The summed E-state index contributed by atoms with van der Waals surface area (Å²) in [4.78, 5) is 24.3. The molecule has 0 spiro atoms. The third kappa shape index (κ3) is 6.68. The summed E-state index contributed by atoms with van der Waals surface area (Å²) in [6.45, 7) is 2.36. The van der Waals surface area contributed by atoms with Gasteiger partial charge in [0.15, 0.2) is 11.7 Å². The minimum Gasteiger partial charge on any atom is -0.494 e. The molecule has 0 aliphatic carbocycles. The second-order valence-corrected chi connectivity index (χ2v) is 7.04. The van der Waals surface area contributed by atoms with E-state index in [1.807, 2.05) is 43.3 Å². The molecule has 0 aliphatic rings. The van der Waals surface area contributed by atoms with Crippen molar-refractivity contribution >= 4 is 39.9 Å². The number of nitrogens with one attached hydrogen (secondary N) is 3. The number of hydrogen-bond donors (Lipinski definition) is 3. The summed E-state index contributed by atoms with van der Waals surface area (Å²) >= 11 is 5.05. The number of benzene rings is 3. The molecule has 0 heterocycles. The van der Waals surface area contributed by atoms with Gasteiger partial charge in [0.05, 0.1) is 6.61 Å². The number of thiocarbonyl (C=S) groups is 1. The molecule has 0 bridgehead atoms. The fourth-order valence-electron chi connectivity index (χ4n) is 2.72. The lowest BCUT2D eigenvalue weighted by atomic mass is 10.1. The lowest BCUT2D eigenvalue weighted by Gasteiger charge is -2.12. The van der Waals surface area contributed by atoms with E-state index in [0.717, 1.165) is 17.2 Å². The maximum absolute atomic E-state index is 12.3. The highest BCUT2D eigenvalue weighted by Gasteiger charge is 2.10. The van der Waals surface area contributed by atoms with Crippen LogP contribution in [0.25, 0.3) is 10.8 Å². The molecule has 160 valence electrons. The van der Waals surface area contributed by atoms with E-state index in [-0.39, 0.29) is 11.7 Å². The van der Waals surface area contributed by atoms with E-state index in [9.17, 15) is 9.59 Å². The van der Waals surface area contributed by atoms with Gasteiger partial charge in [0, 0.05) is 5.56 Å². The van der Waals surface area contributed by atoms with Crippen molar-refractivity contribution in [3.63, 3.8) is 0 Å². The summed E-state index contributed by atoms with van der Waals surface area (Å²) in [6.07, 6.45) is 0.870. The van der Waals surface area contributed by atoms with Gasteiger partial charge in [-0.3, -0.25) is 25.8 Å². The molecule has 0 saturated carbocycles. The van der Waals surface area contributed by atoms with Crippen LogP contribution in [0.4, 0.5) is 0 Å². The van der Waals surface area contributed by atoms with Gasteiger partial charge in [-0.25, -0.2) is 0 Å². The van der Waals surface area contributed by atoms with Gasteiger partial charge in [-0.15, -0.1) is 0 Å². The zero-order valence-corrected chi connectivity index (χ0v) is 17.8. The molecule has 0 aliphatic heterocycles. The summed E-state index contributed by atoms with van der Waals surface area (Å²) in [5.41, 5.74) is 5.27. The van der Waals surface area contributed by atoms with Gasteiger partial charge in [0.2, 0.25) is 0 Å². The van der Waals surface area contributed by atoms with Gasteiger partial charge in [-0.1, -0.05) is 43.3 Å². The van der Waals surface area contributed by atoms with Crippen molar-refractivity contribution in [1.29, 1.82) is 0 Å². The first-order valence-corrected chi connectivity index (χ1v) is 10.2. The SMILES string of the molecule is CCCOc1cccc(C(=O)NC(=S)NNC(=O)COc2ccc3ccccc3c2)c1. The van der Waals surface area contributed by atoms with Crippen LogP contribution in [0, 0.1) is 0 Å². The Balaban J connectivity index is 1.43. The second kappa shape index (κ2) is 10.9. The largest absolute Gasteiger partial charge is 0.494 e. The topological polar surface area (TPSA) is 88.7 Å². The van der Waals surface area contributed by atoms with Crippen LogP contribution in [0.3, 0.4) is 0 Å². The summed E-state index contributed by atoms with van der Waals surface area (Å²) < 4.78 is 11.0. The number of hydrazine groups is 1. The molecule has 0 aromatic heterocycles. The molecular weight excluding hydrogens is 414 g/mol. The molecule has 0 saturated heterocycles. The van der Waals surface area contributed by atoms with Crippen LogP contribution in [-0.2, 0) is 4.79 Å². The highest BCUT2D eigenvalue weighted by atomic mass is 32.1. The number of hydrogen-bond acceptors (Lipinski definition) is 5. The van der Waals surface area contributed by atoms with Crippen molar-refractivity contribution in [3.8, 4) is 11.5 Å². The van der Waals surface area contributed by atoms with Crippen molar-refractivity contribution in [2.75, 3.05) is 13.2 Å². The van der Waals surface area contributed by atoms with Gasteiger partial charge in [-0.2, -0.15) is 0 Å². The lowest BCUT2D eigenvalue weighted by molar-refractivity contribution is -0.123. The van der Waals surface area contributed by atoms with E-state index in [1.165, 1.54) is 0 Å². The van der Waals surface area contributed by atoms with Gasteiger partial charge in [0.1, 0.15) is 11.5 Å². The normalized spacial score (nSPS) is 10.2. The molecule has 0 atom stereocenters. The van der Waals surface area contributed by atoms with Crippen LogP contribution in [0.15, 0.2) is 66.7 Å². The standard InChI is InChI=1S/C23H23N3O4S/c1-2-12-29-19-9-5-8-18(14-19)22(28)24-23(31)26-25-21(27)15-30-20-11-10-16-6-3-4-7-17(16)13-20/h3-11,13-14H,2,12,15H2,1H3,(H,25,27)(H2,24,26,28,31). The average molecular weight is 438 g/mol. The molecule has 0 fully saturated rings. The number of ether oxygens (including phenoxy) is 2. The molecule has 3 aromatic rings. The first kappa shape index (κ1) is 22.0. The minimum atomic E-state index is -0.445. The van der Waals surface area contributed by atoms with Gasteiger partial charge in [-0.05, 0) is 59.7 Å². The lowest BCUT2D eigenvalue weighted by Crippen LogP contribution is -2.49. The number of carbonyl (C=O) groups is 2. The zero-order valence-electron chi connectivity index (χ0n) is 17.0. The average Bonchev–Trinajstić information content (AvgIpc) is 2.80. The molecule has 3 rings (SSSR count). The zero-order chi connectivity index (χ0) is 22.1. The van der Waals surface area contributed by atoms with Crippen molar-refractivity contribution in [1.82, 2.24) is 16.2 Å².